The van der Waals surface area contributed by atoms with Gasteiger partial charge in [-0.2, -0.15) is 0 Å². The Kier molecular flexibility index (Phi) is 4.68. The van der Waals surface area contributed by atoms with Gasteiger partial charge >= 0.3 is 17.8 Å². The van der Waals surface area contributed by atoms with E-state index in [1.165, 1.54) is 12.1 Å². The van der Waals surface area contributed by atoms with Crippen LogP contribution in [0.1, 0.15) is 6.92 Å². The van der Waals surface area contributed by atoms with Crippen molar-refractivity contribution in [2.75, 3.05) is 18.4 Å². The summed E-state index contributed by atoms with van der Waals surface area (Å²) in [5, 5.41) is 2.84. The number of nitrogens with zero attached hydrogens (tertiary/aromatic N) is 2. The van der Waals surface area contributed by atoms with Gasteiger partial charge in [0, 0.05) is 6.54 Å². The first-order valence-corrected chi connectivity index (χ1v) is 7.03. The fourth-order valence-corrected chi connectivity index (χ4v) is 2.40. The number of carbonyl (C=O) groups is 4. The second kappa shape index (κ2) is 6.33. The van der Waals surface area contributed by atoms with Crippen LogP contribution in [0.4, 0.5) is 10.5 Å². The van der Waals surface area contributed by atoms with Gasteiger partial charge in [-0.1, -0.05) is 29.3 Å². The van der Waals surface area contributed by atoms with Crippen molar-refractivity contribution in [3.63, 3.8) is 0 Å². The molecule has 0 bridgehead atoms. The molecule has 0 aromatic heterocycles. The Bertz CT molecular complexity index is 657. The summed E-state index contributed by atoms with van der Waals surface area (Å²) in [6.07, 6.45) is 0. The largest absolute Gasteiger partial charge is 0.334 e. The molecule has 0 atom stereocenters. The van der Waals surface area contributed by atoms with Gasteiger partial charge in [0.05, 0.1) is 15.7 Å². The maximum absolute atomic E-state index is 12.0. The van der Waals surface area contributed by atoms with E-state index in [1.54, 1.807) is 13.0 Å². The van der Waals surface area contributed by atoms with Crippen molar-refractivity contribution < 1.29 is 19.2 Å². The van der Waals surface area contributed by atoms with Crippen molar-refractivity contribution >= 4 is 52.6 Å². The fraction of sp³-hybridized carbons (Fsp3) is 0.231. The molecule has 1 saturated heterocycles. The normalized spacial score (nSPS) is 14.8. The van der Waals surface area contributed by atoms with E-state index in [2.05, 4.69) is 5.32 Å². The molecule has 1 aliphatic rings. The summed E-state index contributed by atoms with van der Waals surface area (Å²) in [6, 6.07) is 3.83. The van der Waals surface area contributed by atoms with Gasteiger partial charge in [-0.3, -0.25) is 19.3 Å². The van der Waals surface area contributed by atoms with Gasteiger partial charge in [-0.05, 0) is 19.1 Å². The maximum atomic E-state index is 12.0. The third-order valence-corrected chi connectivity index (χ3v) is 3.61. The summed E-state index contributed by atoms with van der Waals surface area (Å²) in [5.74, 6) is -2.68. The zero-order valence-electron chi connectivity index (χ0n) is 11.4. The van der Waals surface area contributed by atoms with Crippen LogP contribution in [0.2, 0.25) is 10.0 Å². The van der Waals surface area contributed by atoms with Crippen LogP contribution in [-0.4, -0.2) is 46.6 Å². The van der Waals surface area contributed by atoms with Crippen molar-refractivity contribution in [1.82, 2.24) is 9.80 Å². The van der Waals surface area contributed by atoms with Crippen LogP contribution < -0.4 is 5.32 Å². The quantitative estimate of drug-likeness (QED) is 0.666. The van der Waals surface area contributed by atoms with Gasteiger partial charge < -0.3 is 5.32 Å². The number of hydrogen-bond acceptors (Lipinski definition) is 4. The van der Waals surface area contributed by atoms with Crippen molar-refractivity contribution in [1.29, 1.82) is 0 Å². The molecule has 1 heterocycles. The number of para-hydroxylation sites is 1. The predicted octanol–water partition coefficient (Wildman–Crippen LogP) is 1.74. The number of urea groups is 1. The molecular weight excluding hydrogens is 333 g/mol. The number of carbonyl (C=O) groups excluding carboxylic acids is 4. The lowest BCUT2D eigenvalue weighted by molar-refractivity contribution is -0.143. The summed E-state index contributed by atoms with van der Waals surface area (Å²) >= 11 is 11.8. The van der Waals surface area contributed by atoms with E-state index in [0.29, 0.717) is 4.90 Å². The van der Waals surface area contributed by atoms with Crippen molar-refractivity contribution in [3.8, 4) is 0 Å². The monoisotopic (exact) mass is 343 g/mol. The third kappa shape index (κ3) is 2.90. The standard InChI is InChI=1S/C13H11Cl2N3O4/c1-2-17-11(20)12(21)18(13(17)22)6-9(19)16-10-7(14)4-3-5-8(10)15/h3-5H,2,6H2,1H3,(H,16,19). The fourth-order valence-electron chi connectivity index (χ4n) is 1.91. The molecule has 0 aliphatic carbocycles. The Morgan fingerprint density at radius 1 is 1.09 bits per heavy atom. The molecule has 1 aliphatic heterocycles. The van der Waals surface area contributed by atoms with Crippen LogP contribution in [-0.2, 0) is 14.4 Å². The van der Waals surface area contributed by atoms with Gasteiger partial charge in [-0.15, -0.1) is 0 Å². The van der Waals surface area contributed by atoms with Gasteiger partial charge in [-0.25, -0.2) is 9.69 Å². The average molecular weight is 344 g/mol. The Morgan fingerprint density at radius 2 is 1.64 bits per heavy atom. The van der Waals surface area contributed by atoms with Crippen LogP contribution in [0.25, 0.3) is 0 Å². The minimum absolute atomic E-state index is 0.0534. The van der Waals surface area contributed by atoms with Crippen LogP contribution in [0.3, 0.4) is 0 Å². The molecule has 0 radical (unpaired) electrons. The van der Waals surface area contributed by atoms with Crippen LogP contribution in [0.15, 0.2) is 18.2 Å². The first-order chi connectivity index (χ1) is 10.4. The number of rotatable bonds is 4. The van der Waals surface area contributed by atoms with E-state index >= 15 is 0 Å². The SMILES string of the molecule is CCN1C(=O)C(=O)N(CC(=O)Nc2c(Cl)cccc2Cl)C1=O. The van der Waals surface area contributed by atoms with Crippen LogP contribution >= 0.6 is 23.2 Å². The van der Waals surface area contributed by atoms with E-state index in [0.717, 1.165) is 4.90 Å². The van der Waals surface area contributed by atoms with Gasteiger partial charge in [0.2, 0.25) is 5.91 Å². The molecule has 1 aromatic carbocycles. The lowest BCUT2D eigenvalue weighted by atomic mass is 10.3. The lowest BCUT2D eigenvalue weighted by Crippen LogP contribution is -2.39. The summed E-state index contributed by atoms with van der Waals surface area (Å²) in [7, 11) is 0. The molecule has 1 N–H and O–H groups in total. The number of imide groups is 2. The molecule has 0 unspecified atom stereocenters. The highest BCUT2D eigenvalue weighted by Crippen LogP contribution is 2.29. The number of amides is 5. The van der Waals surface area contributed by atoms with E-state index in [-0.39, 0.29) is 22.3 Å². The number of halogens is 2. The minimum atomic E-state index is -1.03. The maximum Gasteiger partial charge on any atom is 0.334 e. The smallest absolute Gasteiger partial charge is 0.322 e. The second-order valence-electron chi connectivity index (χ2n) is 4.37. The van der Waals surface area contributed by atoms with E-state index in [9.17, 15) is 19.2 Å². The number of anilines is 1. The molecule has 1 fully saturated rings. The number of likely N-dealkylation sites (N-methyl/N-ethyl adjacent to an activating group) is 1. The summed E-state index contributed by atoms with van der Waals surface area (Å²) < 4.78 is 0. The number of benzene rings is 1. The molecule has 0 spiro atoms. The Morgan fingerprint density at radius 3 is 2.14 bits per heavy atom. The Balaban J connectivity index is 2.11. The van der Waals surface area contributed by atoms with Crippen molar-refractivity contribution in [2.24, 2.45) is 0 Å². The Hall–Kier alpha value is -2.12. The van der Waals surface area contributed by atoms with Gasteiger partial charge in [0.25, 0.3) is 0 Å². The van der Waals surface area contributed by atoms with Gasteiger partial charge in [0.1, 0.15) is 6.54 Å². The van der Waals surface area contributed by atoms with E-state index in [1.807, 2.05) is 0 Å². The molecule has 22 heavy (non-hydrogen) atoms. The Labute approximate surface area is 135 Å². The molecule has 1 aromatic rings. The zero-order valence-corrected chi connectivity index (χ0v) is 12.9. The predicted molar refractivity (Wildman–Crippen MR) is 79.6 cm³/mol. The molecule has 9 heteroatoms. The molecule has 5 amide bonds. The lowest BCUT2D eigenvalue weighted by Gasteiger charge is -2.14. The number of nitrogens with one attached hydrogen (secondary N) is 1. The van der Waals surface area contributed by atoms with Gasteiger partial charge in [0.15, 0.2) is 0 Å². The number of hydrogen-bond donors (Lipinski definition) is 1. The molecule has 2 rings (SSSR count). The highest BCUT2D eigenvalue weighted by atomic mass is 35.5. The van der Waals surface area contributed by atoms with E-state index < -0.39 is 30.3 Å². The summed E-state index contributed by atoms with van der Waals surface area (Å²) in [4.78, 5) is 48.4. The molecule has 7 nitrogen and oxygen atoms in total. The average Bonchev–Trinajstić information content (AvgIpc) is 2.67. The summed E-state index contributed by atoms with van der Waals surface area (Å²) in [5.41, 5.74) is 0.175. The topological polar surface area (TPSA) is 86.8 Å². The molecule has 116 valence electrons. The molecule has 0 saturated carbocycles. The van der Waals surface area contributed by atoms with Crippen molar-refractivity contribution in [2.45, 2.75) is 6.92 Å². The molecular formula is C13H11Cl2N3O4. The zero-order chi connectivity index (χ0) is 16.4. The summed E-state index contributed by atoms with van der Waals surface area (Å²) in [6.45, 7) is 1.01. The van der Waals surface area contributed by atoms with Crippen LogP contribution in [0, 0.1) is 0 Å². The second-order valence-corrected chi connectivity index (χ2v) is 5.18. The van der Waals surface area contributed by atoms with Crippen molar-refractivity contribution in [3.05, 3.63) is 28.2 Å². The minimum Gasteiger partial charge on any atom is -0.322 e. The van der Waals surface area contributed by atoms with Crippen LogP contribution in [0.5, 0.6) is 0 Å². The first kappa shape index (κ1) is 16.3. The highest BCUT2D eigenvalue weighted by molar-refractivity contribution is 6.45. The van der Waals surface area contributed by atoms with E-state index in [4.69, 9.17) is 23.2 Å². The third-order valence-electron chi connectivity index (χ3n) is 2.98. The highest BCUT2D eigenvalue weighted by Gasteiger charge is 2.44. The first-order valence-electron chi connectivity index (χ1n) is 6.28.